The van der Waals surface area contributed by atoms with Crippen molar-refractivity contribution in [1.29, 1.82) is 0 Å². The van der Waals surface area contributed by atoms with Crippen molar-refractivity contribution in [1.82, 2.24) is 14.8 Å². The third-order valence-corrected chi connectivity index (χ3v) is 6.04. The Labute approximate surface area is 206 Å². The highest BCUT2D eigenvalue weighted by atomic mass is 16.5. The summed E-state index contributed by atoms with van der Waals surface area (Å²) in [6.07, 6.45) is 4.95. The number of ether oxygens (including phenoxy) is 2. The number of allylic oxidation sites excluding steroid dienone is 1. The van der Waals surface area contributed by atoms with Crippen LogP contribution < -0.4 is 14.8 Å². The van der Waals surface area contributed by atoms with Gasteiger partial charge in [0.05, 0.1) is 26.3 Å². The lowest BCUT2D eigenvalue weighted by Crippen LogP contribution is -2.50. The molecule has 0 unspecified atom stereocenters. The number of likely N-dealkylation sites (N-methyl/N-ethyl adjacent to an activating group) is 1. The first kappa shape index (κ1) is 26.0. The Morgan fingerprint density at radius 1 is 1.40 bits per heavy atom. The predicted molar refractivity (Wildman–Crippen MR) is 135 cm³/mol. The zero-order valence-corrected chi connectivity index (χ0v) is 20.9. The fourth-order valence-corrected chi connectivity index (χ4v) is 3.87. The Balaban J connectivity index is 1.83. The van der Waals surface area contributed by atoms with Gasteiger partial charge < -0.3 is 29.7 Å². The molecular formula is C26H34N4O5. The van der Waals surface area contributed by atoms with E-state index in [4.69, 9.17) is 9.47 Å². The molecular weight excluding hydrogens is 448 g/mol. The summed E-state index contributed by atoms with van der Waals surface area (Å²) in [4.78, 5) is 33.8. The molecule has 0 bridgehead atoms. The molecule has 35 heavy (non-hydrogen) atoms. The van der Waals surface area contributed by atoms with Gasteiger partial charge in [-0.15, -0.1) is 0 Å². The van der Waals surface area contributed by atoms with Gasteiger partial charge in [0.15, 0.2) is 0 Å². The van der Waals surface area contributed by atoms with Crippen LogP contribution in [0.3, 0.4) is 0 Å². The second kappa shape index (κ2) is 11.7. The Morgan fingerprint density at radius 3 is 2.74 bits per heavy atom. The molecule has 9 nitrogen and oxygen atoms in total. The van der Waals surface area contributed by atoms with Gasteiger partial charge >= 0.3 is 6.03 Å². The maximum atomic E-state index is 13.4. The number of hydrogen-bond acceptors (Lipinski definition) is 6. The molecule has 1 aromatic heterocycles. The van der Waals surface area contributed by atoms with Crippen LogP contribution in [0.25, 0.3) is 6.08 Å². The zero-order chi connectivity index (χ0) is 25.5. The summed E-state index contributed by atoms with van der Waals surface area (Å²) in [5.41, 5.74) is 1.76. The molecule has 188 valence electrons. The van der Waals surface area contributed by atoms with E-state index in [0.717, 1.165) is 5.56 Å². The third kappa shape index (κ3) is 6.30. The Morgan fingerprint density at radius 2 is 2.11 bits per heavy atom. The van der Waals surface area contributed by atoms with Crippen molar-refractivity contribution >= 4 is 23.7 Å². The van der Waals surface area contributed by atoms with Gasteiger partial charge in [-0.25, -0.2) is 9.78 Å². The number of hydrogen-bond donors (Lipinski definition) is 2. The Hall–Kier alpha value is -3.59. The third-order valence-electron chi connectivity index (χ3n) is 6.04. The number of pyridine rings is 1. The van der Waals surface area contributed by atoms with Gasteiger partial charge in [0, 0.05) is 31.4 Å². The van der Waals surface area contributed by atoms with E-state index < -0.39 is 6.10 Å². The number of fused-ring (bicyclic) bond motifs is 1. The van der Waals surface area contributed by atoms with Gasteiger partial charge in [-0.2, -0.15) is 0 Å². The zero-order valence-electron chi connectivity index (χ0n) is 20.9. The van der Waals surface area contributed by atoms with Crippen LogP contribution in [0.5, 0.6) is 11.6 Å². The van der Waals surface area contributed by atoms with E-state index in [9.17, 15) is 14.7 Å². The van der Waals surface area contributed by atoms with E-state index in [1.807, 2.05) is 26.0 Å². The number of methoxy groups -OCH3 is 1. The van der Waals surface area contributed by atoms with Crippen LogP contribution >= 0.6 is 0 Å². The summed E-state index contributed by atoms with van der Waals surface area (Å²) in [6.45, 7) is 6.14. The van der Waals surface area contributed by atoms with Gasteiger partial charge in [-0.1, -0.05) is 19.1 Å². The molecule has 1 aliphatic rings. The largest absolute Gasteiger partial charge is 0.497 e. The topological polar surface area (TPSA) is 104 Å². The summed E-state index contributed by atoms with van der Waals surface area (Å²) >= 11 is 0. The number of benzene rings is 1. The number of aliphatic hydroxyl groups is 1. The van der Waals surface area contributed by atoms with E-state index >= 15 is 0 Å². The maximum absolute atomic E-state index is 13.4. The van der Waals surface area contributed by atoms with E-state index in [1.165, 1.54) is 0 Å². The normalized spacial score (nSPS) is 18.8. The molecule has 2 aromatic rings. The maximum Gasteiger partial charge on any atom is 0.321 e. The van der Waals surface area contributed by atoms with Crippen molar-refractivity contribution in [2.75, 3.05) is 39.2 Å². The van der Waals surface area contributed by atoms with Crippen molar-refractivity contribution in [3.8, 4) is 11.6 Å². The number of rotatable bonds is 7. The molecule has 3 rings (SSSR count). The standard InChI is InChI=1S/C26H34N4O5/c1-6-7-19-12-22-24(27-13-19)35-23(17(2)14-30(25(22)32)18(3)16-31)15-29(4)26(33)28-20-8-10-21(34-5)11-9-20/h6-13,17-18,23,31H,14-16H2,1-5H3,(H,28,33)/b7-6+/t17-,18-,23+/m0/s1. The van der Waals surface area contributed by atoms with Gasteiger partial charge in [0.1, 0.15) is 17.4 Å². The number of urea groups is 1. The van der Waals surface area contributed by atoms with Gasteiger partial charge in [0.25, 0.3) is 5.91 Å². The molecule has 3 amide bonds. The molecule has 0 aliphatic carbocycles. The minimum absolute atomic E-state index is 0.130. The minimum Gasteiger partial charge on any atom is -0.497 e. The average Bonchev–Trinajstić information content (AvgIpc) is 2.86. The number of nitrogens with one attached hydrogen (secondary N) is 1. The lowest BCUT2D eigenvalue weighted by molar-refractivity contribution is 0.0356. The molecule has 0 fully saturated rings. The van der Waals surface area contributed by atoms with Crippen LogP contribution in [0.15, 0.2) is 42.6 Å². The van der Waals surface area contributed by atoms with Crippen molar-refractivity contribution < 1.29 is 24.2 Å². The van der Waals surface area contributed by atoms with E-state index in [1.54, 1.807) is 67.4 Å². The summed E-state index contributed by atoms with van der Waals surface area (Å²) in [5.74, 6) is 0.553. The second-order valence-corrected chi connectivity index (χ2v) is 8.78. The lowest BCUT2D eigenvalue weighted by atomic mass is 10.00. The number of carbonyl (C=O) groups is 2. The molecule has 0 spiro atoms. The molecule has 3 atom stereocenters. The first-order chi connectivity index (χ1) is 16.8. The summed E-state index contributed by atoms with van der Waals surface area (Å²) in [7, 11) is 3.28. The highest BCUT2D eigenvalue weighted by molar-refractivity contribution is 5.97. The number of nitrogens with zero attached hydrogens (tertiary/aromatic N) is 3. The highest BCUT2D eigenvalue weighted by Gasteiger charge is 2.34. The first-order valence-electron chi connectivity index (χ1n) is 11.6. The summed E-state index contributed by atoms with van der Waals surface area (Å²) < 4.78 is 11.4. The van der Waals surface area contributed by atoms with Gasteiger partial charge in [-0.3, -0.25) is 4.79 Å². The summed E-state index contributed by atoms with van der Waals surface area (Å²) in [6, 6.07) is 8.15. The number of anilines is 1. The molecule has 1 aromatic carbocycles. The highest BCUT2D eigenvalue weighted by Crippen LogP contribution is 2.28. The van der Waals surface area contributed by atoms with Crippen molar-refractivity contribution in [3.63, 3.8) is 0 Å². The van der Waals surface area contributed by atoms with Crippen LogP contribution in [-0.2, 0) is 0 Å². The Kier molecular flexibility index (Phi) is 8.70. The van der Waals surface area contributed by atoms with E-state index in [2.05, 4.69) is 10.3 Å². The SMILES string of the molecule is C/C=C/c1cnc2c(c1)C(=O)N([C@@H](C)CO)C[C@H](C)[C@@H](CN(C)C(=O)Nc1ccc(OC)cc1)O2. The van der Waals surface area contributed by atoms with Crippen molar-refractivity contribution in [2.45, 2.75) is 32.9 Å². The fourth-order valence-electron chi connectivity index (χ4n) is 3.87. The molecule has 2 heterocycles. The summed E-state index contributed by atoms with van der Waals surface area (Å²) in [5, 5.41) is 12.6. The number of carbonyl (C=O) groups excluding carboxylic acids is 2. The van der Waals surface area contributed by atoms with Gasteiger partial charge in [0.2, 0.25) is 5.88 Å². The molecule has 2 N–H and O–H groups in total. The van der Waals surface area contributed by atoms with Crippen molar-refractivity contribution in [2.24, 2.45) is 5.92 Å². The van der Waals surface area contributed by atoms with Crippen LogP contribution in [0.1, 0.15) is 36.7 Å². The molecule has 0 radical (unpaired) electrons. The quantitative estimate of drug-likeness (QED) is 0.626. The monoisotopic (exact) mass is 482 g/mol. The predicted octanol–water partition coefficient (Wildman–Crippen LogP) is 3.51. The molecule has 9 heteroatoms. The van der Waals surface area contributed by atoms with E-state index in [-0.39, 0.29) is 42.9 Å². The van der Waals surface area contributed by atoms with Crippen LogP contribution in [0.2, 0.25) is 0 Å². The number of aliphatic hydroxyl groups excluding tert-OH is 1. The van der Waals surface area contributed by atoms with Crippen LogP contribution in [-0.4, -0.2) is 77.8 Å². The van der Waals surface area contributed by atoms with Crippen molar-refractivity contribution in [3.05, 3.63) is 53.7 Å². The first-order valence-corrected chi connectivity index (χ1v) is 11.6. The smallest absolute Gasteiger partial charge is 0.321 e. The van der Waals surface area contributed by atoms with Crippen LogP contribution in [0, 0.1) is 5.92 Å². The second-order valence-electron chi connectivity index (χ2n) is 8.78. The van der Waals surface area contributed by atoms with E-state index in [0.29, 0.717) is 23.5 Å². The number of amides is 3. The lowest BCUT2D eigenvalue weighted by Gasteiger charge is -2.37. The van der Waals surface area contributed by atoms with Gasteiger partial charge in [-0.05, 0) is 49.7 Å². The molecule has 0 saturated carbocycles. The minimum atomic E-state index is -0.429. The Bertz CT molecular complexity index is 1060. The fraction of sp³-hybridized carbons (Fsp3) is 0.423. The molecule has 0 saturated heterocycles. The number of aromatic nitrogens is 1. The average molecular weight is 483 g/mol. The van der Waals surface area contributed by atoms with Crippen LogP contribution in [0.4, 0.5) is 10.5 Å². The molecule has 1 aliphatic heterocycles.